The number of hydrogen-bond donors (Lipinski definition) is 0. The maximum atomic E-state index is 14.0. The average Bonchev–Trinajstić information content (AvgIpc) is 3.06. The third-order valence-electron chi connectivity index (χ3n) is 7.17. The molecule has 0 amide bonds. The Labute approximate surface area is 260 Å². The van der Waals surface area contributed by atoms with E-state index in [2.05, 4.69) is 9.97 Å². The van der Waals surface area contributed by atoms with E-state index in [1.807, 2.05) is 0 Å². The first-order valence-corrected chi connectivity index (χ1v) is 13.6. The quantitative estimate of drug-likeness (QED) is 0.158. The van der Waals surface area contributed by atoms with E-state index in [-0.39, 0.29) is 45.1 Å². The molecule has 5 aromatic rings. The van der Waals surface area contributed by atoms with E-state index in [4.69, 9.17) is 18.9 Å². The number of aromatic nitrogens is 2. The molecule has 12 heteroatoms. The van der Waals surface area contributed by atoms with Gasteiger partial charge in [-0.1, -0.05) is 48.5 Å². The number of nitrogens with zero attached hydrogens (tertiary/aromatic N) is 2. The molecule has 46 heavy (non-hydrogen) atoms. The fraction of sp³-hybridized carbons (Fsp3) is 0.176. The molecule has 0 unspecified atom stereocenters. The molecule has 238 valence electrons. The second-order valence-corrected chi connectivity index (χ2v) is 9.90. The molecule has 0 radical (unpaired) electrons. The Morgan fingerprint density at radius 1 is 0.435 bits per heavy atom. The smallest absolute Gasteiger partial charge is 0.433 e. The van der Waals surface area contributed by atoms with Crippen LogP contribution in [0.25, 0.3) is 44.8 Å². The van der Waals surface area contributed by atoms with Gasteiger partial charge in [0, 0.05) is 22.3 Å². The fourth-order valence-electron chi connectivity index (χ4n) is 4.92. The first-order chi connectivity index (χ1) is 21.9. The summed E-state index contributed by atoms with van der Waals surface area (Å²) in [5.74, 6) is 1.17. The largest absolute Gasteiger partial charge is 0.497 e. The highest BCUT2D eigenvalue weighted by Gasteiger charge is 2.36. The number of hydrogen-bond acceptors (Lipinski definition) is 6. The minimum atomic E-state index is -4.78. The summed E-state index contributed by atoms with van der Waals surface area (Å²) in [4.78, 5) is 7.76. The zero-order valence-electron chi connectivity index (χ0n) is 24.9. The first-order valence-electron chi connectivity index (χ1n) is 13.6. The lowest BCUT2D eigenvalue weighted by Crippen LogP contribution is -2.10. The highest BCUT2D eigenvalue weighted by Crippen LogP contribution is 2.45. The Hall–Kier alpha value is -5.26. The van der Waals surface area contributed by atoms with Gasteiger partial charge in [0.25, 0.3) is 0 Å². The number of methoxy groups -OCH3 is 4. The van der Waals surface area contributed by atoms with Crippen molar-refractivity contribution in [1.29, 1.82) is 0 Å². The van der Waals surface area contributed by atoms with Gasteiger partial charge in [-0.15, -0.1) is 0 Å². The van der Waals surface area contributed by atoms with Crippen molar-refractivity contribution in [2.45, 2.75) is 12.4 Å². The normalized spacial score (nSPS) is 11.7. The van der Waals surface area contributed by atoms with E-state index in [9.17, 15) is 26.3 Å². The van der Waals surface area contributed by atoms with Crippen LogP contribution in [0.15, 0.2) is 84.9 Å². The third kappa shape index (κ3) is 6.42. The van der Waals surface area contributed by atoms with Crippen molar-refractivity contribution in [2.24, 2.45) is 0 Å². The van der Waals surface area contributed by atoms with Gasteiger partial charge in [-0.05, 0) is 47.5 Å². The van der Waals surface area contributed by atoms with Crippen molar-refractivity contribution in [3.8, 4) is 67.8 Å². The van der Waals surface area contributed by atoms with Crippen LogP contribution in [0.1, 0.15) is 11.4 Å². The van der Waals surface area contributed by atoms with Crippen LogP contribution in [0, 0.1) is 0 Å². The van der Waals surface area contributed by atoms with Crippen molar-refractivity contribution in [3.63, 3.8) is 0 Å². The molecular formula is C34H26F6N2O4. The van der Waals surface area contributed by atoms with Crippen LogP contribution in [-0.4, -0.2) is 38.4 Å². The highest BCUT2D eigenvalue weighted by molar-refractivity contribution is 5.84. The van der Waals surface area contributed by atoms with Gasteiger partial charge in [-0.3, -0.25) is 0 Å². The van der Waals surface area contributed by atoms with E-state index >= 15 is 0 Å². The number of halogens is 6. The Kier molecular flexibility index (Phi) is 8.82. The predicted octanol–water partition coefficient (Wildman–Crippen LogP) is 9.22. The number of benzene rings is 3. The van der Waals surface area contributed by atoms with Crippen LogP contribution in [0.5, 0.6) is 23.0 Å². The molecule has 6 nitrogen and oxygen atoms in total. The minimum absolute atomic E-state index is 0.0717. The van der Waals surface area contributed by atoms with Crippen molar-refractivity contribution >= 4 is 0 Å². The van der Waals surface area contributed by atoms with E-state index in [0.717, 1.165) is 12.1 Å². The third-order valence-corrected chi connectivity index (χ3v) is 7.17. The Morgan fingerprint density at radius 2 is 0.739 bits per heavy atom. The average molecular weight is 641 g/mol. The Balaban J connectivity index is 1.67. The summed E-state index contributed by atoms with van der Waals surface area (Å²) in [6, 6.07) is 20.3. The molecule has 3 aromatic carbocycles. The molecule has 0 atom stereocenters. The molecule has 0 spiro atoms. The van der Waals surface area contributed by atoms with E-state index in [1.165, 1.54) is 52.7 Å². The molecule has 2 heterocycles. The topological polar surface area (TPSA) is 62.7 Å². The van der Waals surface area contributed by atoms with Gasteiger partial charge in [0.2, 0.25) is 0 Å². The van der Waals surface area contributed by atoms with E-state index in [1.54, 1.807) is 48.5 Å². The summed E-state index contributed by atoms with van der Waals surface area (Å²) >= 11 is 0. The molecule has 0 N–H and O–H groups in total. The van der Waals surface area contributed by atoms with Gasteiger partial charge < -0.3 is 18.9 Å². The van der Waals surface area contributed by atoms with E-state index in [0.29, 0.717) is 22.6 Å². The van der Waals surface area contributed by atoms with Crippen molar-refractivity contribution < 1.29 is 45.3 Å². The monoisotopic (exact) mass is 640 g/mol. The van der Waals surface area contributed by atoms with Crippen molar-refractivity contribution in [3.05, 3.63) is 96.3 Å². The van der Waals surface area contributed by atoms with Crippen LogP contribution in [0.2, 0.25) is 0 Å². The zero-order valence-corrected chi connectivity index (χ0v) is 24.9. The molecule has 0 fully saturated rings. The molecule has 0 saturated carbocycles. The summed E-state index contributed by atoms with van der Waals surface area (Å²) in [7, 11) is 5.56. The maximum Gasteiger partial charge on any atom is 0.433 e. The predicted molar refractivity (Wildman–Crippen MR) is 160 cm³/mol. The van der Waals surface area contributed by atoms with Gasteiger partial charge in [0.05, 0.1) is 28.4 Å². The number of alkyl halides is 6. The Morgan fingerprint density at radius 3 is 1.00 bits per heavy atom. The highest BCUT2D eigenvalue weighted by atomic mass is 19.4. The van der Waals surface area contributed by atoms with Gasteiger partial charge in [0.15, 0.2) is 11.5 Å². The number of rotatable bonds is 8. The lowest BCUT2D eigenvalue weighted by atomic mass is 9.97. The van der Waals surface area contributed by atoms with Gasteiger partial charge in [0.1, 0.15) is 34.3 Å². The molecule has 2 aromatic heterocycles. The molecule has 0 aliphatic rings. The van der Waals surface area contributed by atoms with Crippen molar-refractivity contribution in [2.75, 3.05) is 28.4 Å². The molecular weight excluding hydrogens is 614 g/mol. The molecule has 0 aliphatic carbocycles. The van der Waals surface area contributed by atoms with Crippen LogP contribution in [0.3, 0.4) is 0 Å². The van der Waals surface area contributed by atoms with Crippen LogP contribution in [-0.2, 0) is 12.4 Å². The van der Waals surface area contributed by atoms with Crippen molar-refractivity contribution in [1.82, 2.24) is 9.97 Å². The standard InChI is InChI=1S/C34H26F6N2O4/c1-43-23-13-9-19(10-14-23)25-17-27(33(35,36)37)41-29(31(25)45-3)21-5-7-22(8-6-21)30-32(46-4)26(18-28(42-30)34(38,39)40)20-11-15-24(44-2)16-12-20/h5-18H,1-4H3. The molecule has 0 saturated heterocycles. The summed E-state index contributed by atoms with van der Waals surface area (Å²) in [5.41, 5.74) is -0.957. The van der Waals surface area contributed by atoms with Gasteiger partial charge in [-0.25, -0.2) is 9.97 Å². The SMILES string of the molecule is COc1ccc(-c2cc(C(F)(F)F)nc(-c3ccc(-c4nc(C(F)(F)F)cc(-c5ccc(OC)cc5)c4OC)cc3)c2OC)cc1. The second kappa shape index (κ2) is 12.6. The minimum Gasteiger partial charge on any atom is -0.497 e. The summed E-state index contributed by atoms with van der Waals surface area (Å²) in [5, 5.41) is 0. The Bertz CT molecular complexity index is 1700. The van der Waals surface area contributed by atoms with E-state index < -0.39 is 23.7 Å². The number of ether oxygens (including phenoxy) is 4. The summed E-state index contributed by atoms with van der Waals surface area (Å²) in [6.45, 7) is 0. The second-order valence-electron chi connectivity index (χ2n) is 9.90. The first kappa shape index (κ1) is 32.1. The van der Waals surface area contributed by atoms with Crippen LogP contribution >= 0.6 is 0 Å². The maximum absolute atomic E-state index is 14.0. The fourth-order valence-corrected chi connectivity index (χ4v) is 4.92. The molecule has 0 aliphatic heterocycles. The lowest BCUT2D eigenvalue weighted by molar-refractivity contribution is -0.141. The van der Waals surface area contributed by atoms with Gasteiger partial charge in [-0.2, -0.15) is 26.3 Å². The molecule has 0 bridgehead atoms. The molecule has 5 rings (SSSR count). The lowest BCUT2D eigenvalue weighted by Gasteiger charge is -2.18. The van der Waals surface area contributed by atoms with Crippen LogP contribution < -0.4 is 18.9 Å². The van der Waals surface area contributed by atoms with Crippen LogP contribution in [0.4, 0.5) is 26.3 Å². The zero-order chi connectivity index (χ0) is 33.2. The van der Waals surface area contributed by atoms with Gasteiger partial charge >= 0.3 is 12.4 Å². The number of pyridine rings is 2. The summed E-state index contributed by atoms with van der Waals surface area (Å²) in [6.07, 6.45) is -9.56. The summed E-state index contributed by atoms with van der Waals surface area (Å²) < 4.78 is 106.